The van der Waals surface area contributed by atoms with Gasteiger partial charge in [0.2, 0.25) is 0 Å². The van der Waals surface area contributed by atoms with Gasteiger partial charge in [-0.25, -0.2) is 4.98 Å². The highest BCUT2D eigenvalue weighted by molar-refractivity contribution is 6.30. The minimum Gasteiger partial charge on any atom is -0.383 e. The van der Waals surface area contributed by atoms with Crippen molar-refractivity contribution >= 4 is 23.1 Å². The van der Waals surface area contributed by atoms with E-state index in [1.54, 1.807) is 24.3 Å². The second-order valence-electron chi connectivity index (χ2n) is 3.40. The molecule has 2 N–H and O–H groups in total. The number of aromatic nitrogens is 1. The average Bonchev–Trinajstić information content (AvgIpc) is 2.28. The number of halogens is 1. The molecule has 0 aliphatic carbocycles. The lowest BCUT2D eigenvalue weighted by Gasteiger charge is -2.02. The molecule has 1 aromatic heterocycles. The van der Waals surface area contributed by atoms with E-state index in [0.29, 0.717) is 16.3 Å². The molecule has 2 rings (SSSR count). The van der Waals surface area contributed by atoms with Crippen LogP contribution in [-0.4, -0.2) is 9.91 Å². The maximum Gasteiger partial charge on any atom is 0.275 e. The van der Waals surface area contributed by atoms with Gasteiger partial charge in [-0.15, -0.1) is 0 Å². The van der Waals surface area contributed by atoms with Crippen LogP contribution in [0.2, 0.25) is 5.02 Å². The number of nitrogens with zero attached hydrogens (tertiary/aromatic N) is 2. The molecular formula is C11H8ClN3O2. The Hall–Kier alpha value is -2.14. The molecule has 1 heterocycles. The first kappa shape index (κ1) is 11.3. The Morgan fingerprint density at radius 2 is 2.06 bits per heavy atom. The van der Waals surface area contributed by atoms with Crippen molar-refractivity contribution in [3.8, 4) is 11.3 Å². The fourth-order valence-electron chi connectivity index (χ4n) is 1.44. The third-order valence-corrected chi connectivity index (χ3v) is 2.40. The lowest BCUT2D eigenvalue weighted by atomic mass is 10.1. The Morgan fingerprint density at radius 3 is 2.71 bits per heavy atom. The Balaban J connectivity index is 2.56. The second kappa shape index (κ2) is 4.39. The van der Waals surface area contributed by atoms with E-state index in [1.807, 2.05) is 0 Å². The summed E-state index contributed by atoms with van der Waals surface area (Å²) in [4.78, 5) is 14.2. The molecule has 17 heavy (non-hydrogen) atoms. The first-order valence-corrected chi connectivity index (χ1v) is 5.12. The van der Waals surface area contributed by atoms with Crippen LogP contribution in [0.4, 0.5) is 11.5 Å². The Labute approximate surface area is 102 Å². The summed E-state index contributed by atoms with van der Waals surface area (Å²) in [5, 5.41) is 11.2. The van der Waals surface area contributed by atoms with Gasteiger partial charge in [0.1, 0.15) is 5.82 Å². The second-order valence-corrected chi connectivity index (χ2v) is 3.84. The number of pyridine rings is 1. The summed E-state index contributed by atoms with van der Waals surface area (Å²) in [6, 6.07) is 9.47. The third kappa shape index (κ3) is 2.51. The van der Waals surface area contributed by atoms with E-state index >= 15 is 0 Å². The minimum atomic E-state index is -0.508. The standard InChI is InChI=1S/C11H8ClN3O2/c12-8-3-1-2-7(4-8)10-5-9(15(16)17)6-11(13)14-10/h1-6H,(H2,13,14). The van der Waals surface area contributed by atoms with Gasteiger partial charge in [-0.3, -0.25) is 10.1 Å². The van der Waals surface area contributed by atoms with Gasteiger partial charge in [0, 0.05) is 16.7 Å². The number of nitrogen functional groups attached to an aromatic ring is 1. The molecule has 86 valence electrons. The first-order valence-electron chi connectivity index (χ1n) is 4.74. The molecule has 0 unspecified atom stereocenters. The molecule has 0 saturated heterocycles. The lowest BCUT2D eigenvalue weighted by Crippen LogP contribution is -1.96. The van der Waals surface area contributed by atoms with Crippen molar-refractivity contribution < 1.29 is 4.92 Å². The minimum absolute atomic E-state index is 0.0903. The van der Waals surface area contributed by atoms with Crippen LogP contribution in [0.25, 0.3) is 11.3 Å². The molecule has 1 aromatic carbocycles. The van der Waals surface area contributed by atoms with Gasteiger partial charge in [-0.2, -0.15) is 0 Å². The number of benzene rings is 1. The van der Waals surface area contributed by atoms with Crippen LogP contribution in [0.1, 0.15) is 0 Å². The molecule has 2 aromatic rings. The number of nitro groups is 1. The summed E-state index contributed by atoms with van der Waals surface area (Å²) in [6.45, 7) is 0. The molecule has 0 spiro atoms. The number of nitrogens with two attached hydrogens (primary N) is 1. The molecule has 0 fully saturated rings. The van der Waals surface area contributed by atoms with Crippen molar-refractivity contribution in [3.05, 3.63) is 51.5 Å². The summed E-state index contributed by atoms with van der Waals surface area (Å²) < 4.78 is 0. The molecule has 0 bridgehead atoms. The zero-order valence-corrected chi connectivity index (χ0v) is 9.39. The predicted octanol–water partition coefficient (Wildman–Crippen LogP) is 2.89. The van der Waals surface area contributed by atoms with E-state index in [-0.39, 0.29) is 11.5 Å². The molecule has 0 aliphatic rings. The monoisotopic (exact) mass is 249 g/mol. The highest BCUT2D eigenvalue weighted by Gasteiger charge is 2.11. The average molecular weight is 250 g/mol. The molecule has 0 atom stereocenters. The molecule has 0 amide bonds. The molecule has 5 nitrogen and oxygen atoms in total. The van der Waals surface area contributed by atoms with Crippen molar-refractivity contribution in [2.75, 3.05) is 5.73 Å². The van der Waals surface area contributed by atoms with Crippen LogP contribution in [-0.2, 0) is 0 Å². The van der Waals surface area contributed by atoms with Crippen LogP contribution < -0.4 is 5.73 Å². The SMILES string of the molecule is Nc1cc([N+](=O)[O-])cc(-c2cccc(Cl)c2)n1. The van der Waals surface area contributed by atoms with Crippen molar-refractivity contribution in [1.29, 1.82) is 0 Å². The van der Waals surface area contributed by atoms with Gasteiger partial charge < -0.3 is 5.73 Å². The highest BCUT2D eigenvalue weighted by atomic mass is 35.5. The normalized spacial score (nSPS) is 10.2. The van der Waals surface area contributed by atoms with Gasteiger partial charge in [-0.1, -0.05) is 23.7 Å². The van der Waals surface area contributed by atoms with Gasteiger partial charge in [0.15, 0.2) is 0 Å². The molecular weight excluding hydrogens is 242 g/mol. The van der Waals surface area contributed by atoms with Crippen molar-refractivity contribution in [2.24, 2.45) is 0 Å². The zero-order valence-electron chi connectivity index (χ0n) is 8.63. The summed E-state index contributed by atoms with van der Waals surface area (Å²) in [5.41, 5.74) is 6.55. The number of hydrogen-bond acceptors (Lipinski definition) is 4. The van der Waals surface area contributed by atoms with E-state index in [9.17, 15) is 10.1 Å². The van der Waals surface area contributed by atoms with E-state index in [4.69, 9.17) is 17.3 Å². The Bertz CT molecular complexity index is 587. The third-order valence-electron chi connectivity index (χ3n) is 2.16. The summed E-state index contributed by atoms with van der Waals surface area (Å²) in [7, 11) is 0. The van der Waals surface area contributed by atoms with Gasteiger partial charge in [0.05, 0.1) is 16.7 Å². The number of rotatable bonds is 2. The van der Waals surface area contributed by atoms with Crippen LogP contribution in [0.5, 0.6) is 0 Å². The van der Waals surface area contributed by atoms with E-state index < -0.39 is 4.92 Å². The summed E-state index contributed by atoms with van der Waals surface area (Å²) >= 11 is 5.84. The van der Waals surface area contributed by atoms with Gasteiger partial charge in [0.25, 0.3) is 5.69 Å². The van der Waals surface area contributed by atoms with Crippen LogP contribution >= 0.6 is 11.6 Å². The number of hydrogen-bond donors (Lipinski definition) is 1. The van der Waals surface area contributed by atoms with Crippen LogP contribution in [0.3, 0.4) is 0 Å². The quantitative estimate of drug-likeness (QED) is 0.655. The lowest BCUT2D eigenvalue weighted by molar-refractivity contribution is -0.384. The Morgan fingerprint density at radius 1 is 1.29 bits per heavy atom. The van der Waals surface area contributed by atoms with Crippen LogP contribution in [0, 0.1) is 10.1 Å². The predicted molar refractivity (Wildman–Crippen MR) is 65.7 cm³/mol. The molecule has 0 saturated carbocycles. The Kier molecular flexibility index (Phi) is 2.93. The fourth-order valence-corrected chi connectivity index (χ4v) is 1.63. The van der Waals surface area contributed by atoms with Crippen LogP contribution in [0.15, 0.2) is 36.4 Å². The van der Waals surface area contributed by atoms with E-state index in [2.05, 4.69) is 4.98 Å². The maximum absolute atomic E-state index is 10.7. The van der Waals surface area contributed by atoms with Gasteiger partial charge >= 0.3 is 0 Å². The van der Waals surface area contributed by atoms with Crippen molar-refractivity contribution in [3.63, 3.8) is 0 Å². The highest BCUT2D eigenvalue weighted by Crippen LogP contribution is 2.25. The smallest absolute Gasteiger partial charge is 0.275 e. The maximum atomic E-state index is 10.7. The molecule has 0 radical (unpaired) electrons. The fraction of sp³-hybridized carbons (Fsp3) is 0. The topological polar surface area (TPSA) is 82.0 Å². The largest absolute Gasteiger partial charge is 0.383 e. The molecule has 6 heteroatoms. The molecule has 0 aliphatic heterocycles. The number of anilines is 1. The first-order chi connectivity index (χ1) is 8.06. The summed E-state index contributed by atoms with van der Waals surface area (Å²) in [6.07, 6.45) is 0. The van der Waals surface area contributed by atoms with E-state index in [0.717, 1.165) is 0 Å². The zero-order chi connectivity index (χ0) is 12.4. The van der Waals surface area contributed by atoms with Gasteiger partial charge in [-0.05, 0) is 12.1 Å². The summed E-state index contributed by atoms with van der Waals surface area (Å²) in [5.74, 6) is 0.106. The van der Waals surface area contributed by atoms with Crippen molar-refractivity contribution in [2.45, 2.75) is 0 Å². The van der Waals surface area contributed by atoms with Crippen molar-refractivity contribution in [1.82, 2.24) is 4.98 Å². The van der Waals surface area contributed by atoms with E-state index in [1.165, 1.54) is 12.1 Å².